The van der Waals surface area contributed by atoms with E-state index in [2.05, 4.69) is 20.6 Å². The number of aliphatic carboxylic acids is 1. The van der Waals surface area contributed by atoms with Crippen molar-refractivity contribution in [2.75, 3.05) is 25.1 Å². The van der Waals surface area contributed by atoms with Crippen molar-refractivity contribution < 1.29 is 46.9 Å². The van der Waals surface area contributed by atoms with Gasteiger partial charge in [-0.3, -0.25) is 14.2 Å². The fourth-order valence-electron chi connectivity index (χ4n) is 3.99. The average molecular weight is 638 g/mol. The van der Waals surface area contributed by atoms with Crippen LogP contribution in [-0.2, 0) is 4.79 Å². The molecule has 1 amide bonds. The highest BCUT2D eigenvalue weighted by Crippen LogP contribution is 2.32. The number of aryl methyl sites for hydroxylation is 1. The fourth-order valence-corrected chi connectivity index (χ4v) is 3.99. The summed E-state index contributed by atoms with van der Waals surface area (Å²) in [6, 6.07) is 10.1. The van der Waals surface area contributed by atoms with Gasteiger partial charge in [-0.05, 0) is 49.2 Å². The van der Waals surface area contributed by atoms with E-state index < -0.39 is 54.3 Å². The normalized spacial score (nSPS) is 11.2. The minimum absolute atomic E-state index is 0.100. The fraction of sp³-hybridized carbons (Fsp3) is 0.276. The number of nitrogens with zero attached hydrogens (tertiary/aromatic N) is 3. The van der Waals surface area contributed by atoms with Crippen LogP contribution in [0, 0.1) is 18.6 Å². The molecule has 240 valence electrons. The van der Waals surface area contributed by atoms with E-state index in [1.165, 1.54) is 12.1 Å². The van der Waals surface area contributed by atoms with E-state index in [1.807, 2.05) is 6.92 Å². The first kappa shape index (κ1) is 34.5. The van der Waals surface area contributed by atoms with Crippen molar-refractivity contribution in [1.29, 1.82) is 0 Å². The van der Waals surface area contributed by atoms with Gasteiger partial charge in [-0.25, -0.2) is 18.6 Å². The third-order valence-electron chi connectivity index (χ3n) is 6.22. The first-order valence-corrected chi connectivity index (χ1v) is 13.3. The SMILES string of the molecule is CCCNC(=O)c1ccc(C)c(-c2nc(NC(CO)CO)nc3c2ccc(=O)n3-c2c(F)cccc2F)c1.O=C(O)C(F)(F)F. The summed E-state index contributed by atoms with van der Waals surface area (Å²) >= 11 is 0. The number of alkyl halides is 3. The number of carboxylic acid groups (broad SMARTS) is 1. The number of rotatable bonds is 9. The number of halogens is 5. The third-order valence-corrected chi connectivity index (χ3v) is 6.22. The van der Waals surface area contributed by atoms with Crippen LogP contribution in [0.5, 0.6) is 0 Å². The lowest BCUT2D eigenvalue weighted by Crippen LogP contribution is -2.29. The van der Waals surface area contributed by atoms with Crippen molar-refractivity contribution in [2.45, 2.75) is 32.5 Å². The molecule has 16 heteroatoms. The van der Waals surface area contributed by atoms with Gasteiger partial charge < -0.3 is 26.0 Å². The van der Waals surface area contributed by atoms with E-state index in [0.717, 1.165) is 34.8 Å². The molecule has 4 rings (SSSR count). The number of fused-ring (bicyclic) bond motifs is 1. The summed E-state index contributed by atoms with van der Waals surface area (Å²) in [6.07, 6.45) is -4.32. The van der Waals surface area contributed by atoms with Crippen LogP contribution in [0.4, 0.5) is 27.9 Å². The van der Waals surface area contributed by atoms with E-state index in [1.54, 1.807) is 25.1 Å². The number of anilines is 1. The van der Waals surface area contributed by atoms with Gasteiger partial charge in [0.1, 0.15) is 17.3 Å². The molecule has 0 aliphatic carbocycles. The van der Waals surface area contributed by atoms with Gasteiger partial charge in [0.05, 0.1) is 24.9 Å². The van der Waals surface area contributed by atoms with Crippen molar-refractivity contribution in [3.05, 3.63) is 81.6 Å². The van der Waals surface area contributed by atoms with Crippen molar-refractivity contribution >= 4 is 28.9 Å². The number of hydrogen-bond donors (Lipinski definition) is 5. The maximum Gasteiger partial charge on any atom is 0.490 e. The number of carboxylic acids is 1. The molecule has 0 spiro atoms. The van der Waals surface area contributed by atoms with Gasteiger partial charge in [-0.1, -0.05) is 19.1 Å². The summed E-state index contributed by atoms with van der Waals surface area (Å²) in [5.74, 6) is -5.08. The second-order valence-electron chi connectivity index (χ2n) is 9.51. The summed E-state index contributed by atoms with van der Waals surface area (Å²) < 4.78 is 62.2. The second-order valence-corrected chi connectivity index (χ2v) is 9.51. The molecular weight excluding hydrogens is 609 g/mol. The van der Waals surface area contributed by atoms with Gasteiger partial charge in [0, 0.05) is 29.1 Å². The Balaban J connectivity index is 0.000000707. The molecular formula is C29H28F5N5O6. The van der Waals surface area contributed by atoms with Crippen molar-refractivity contribution in [1.82, 2.24) is 19.9 Å². The lowest BCUT2D eigenvalue weighted by atomic mass is 9.99. The molecule has 2 aromatic carbocycles. The molecule has 0 unspecified atom stereocenters. The zero-order valence-electron chi connectivity index (χ0n) is 23.8. The molecule has 0 bridgehead atoms. The Bertz CT molecular complexity index is 1740. The highest BCUT2D eigenvalue weighted by Gasteiger charge is 2.38. The Morgan fingerprint density at radius 1 is 1.00 bits per heavy atom. The first-order valence-electron chi connectivity index (χ1n) is 13.3. The number of pyridine rings is 1. The summed E-state index contributed by atoms with van der Waals surface area (Å²) in [5, 5.41) is 32.2. The van der Waals surface area contributed by atoms with Crippen LogP contribution in [-0.4, -0.2) is 73.7 Å². The van der Waals surface area contributed by atoms with E-state index in [-0.39, 0.29) is 28.6 Å². The average Bonchev–Trinajstić information content (AvgIpc) is 2.99. The molecule has 0 atom stereocenters. The Labute approximate surface area is 252 Å². The number of para-hydroxylation sites is 1. The number of carbonyl (C=O) groups is 2. The molecule has 0 aliphatic heterocycles. The second kappa shape index (κ2) is 14.7. The zero-order chi connectivity index (χ0) is 33.5. The van der Waals surface area contributed by atoms with Crippen LogP contribution < -0.4 is 16.2 Å². The zero-order valence-corrected chi connectivity index (χ0v) is 23.8. The highest BCUT2D eigenvalue weighted by molar-refractivity contribution is 5.98. The number of aliphatic hydroxyl groups excluding tert-OH is 2. The monoisotopic (exact) mass is 637 g/mol. The lowest BCUT2D eigenvalue weighted by Gasteiger charge is -2.18. The van der Waals surface area contributed by atoms with Crippen LogP contribution in [0.25, 0.3) is 28.0 Å². The Morgan fingerprint density at radius 2 is 1.62 bits per heavy atom. The summed E-state index contributed by atoms with van der Waals surface area (Å²) in [5.41, 5.74) is 0.458. The van der Waals surface area contributed by atoms with Crippen molar-refractivity contribution in [3.8, 4) is 16.9 Å². The van der Waals surface area contributed by atoms with Gasteiger partial charge >= 0.3 is 12.1 Å². The maximum absolute atomic E-state index is 14.8. The number of benzene rings is 2. The first-order chi connectivity index (χ1) is 21.2. The quantitative estimate of drug-likeness (QED) is 0.173. The predicted molar refractivity (Wildman–Crippen MR) is 153 cm³/mol. The molecule has 2 aromatic heterocycles. The van der Waals surface area contributed by atoms with E-state index in [4.69, 9.17) is 9.90 Å². The van der Waals surface area contributed by atoms with E-state index >= 15 is 0 Å². The van der Waals surface area contributed by atoms with Crippen LogP contribution in [0.15, 0.2) is 53.3 Å². The van der Waals surface area contributed by atoms with E-state index in [0.29, 0.717) is 17.7 Å². The number of carbonyl (C=O) groups excluding carboxylic acids is 1. The molecule has 45 heavy (non-hydrogen) atoms. The number of nitrogens with one attached hydrogen (secondary N) is 2. The number of amides is 1. The Hall–Kier alpha value is -4.96. The van der Waals surface area contributed by atoms with Gasteiger partial charge in [0.15, 0.2) is 5.65 Å². The van der Waals surface area contributed by atoms with Gasteiger partial charge in [-0.2, -0.15) is 18.2 Å². The van der Waals surface area contributed by atoms with Gasteiger partial charge in [0.25, 0.3) is 11.5 Å². The Kier molecular flexibility index (Phi) is 11.3. The van der Waals surface area contributed by atoms with E-state index in [9.17, 15) is 41.8 Å². The smallest absolute Gasteiger partial charge is 0.475 e. The largest absolute Gasteiger partial charge is 0.490 e. The number of hydrogen-bond acceptors (Lipinski definition) is 8. The van der Waals surface area contributed by atoms with Crippen LogP contribution in [0.3, 0.4) is 0 Å². The molecule has 11 nitrogen and oxygen atoms in total. The number of aliphatic hydroxyl groups is 2. The molecule has 0 radical (unpaired) electrons. The number of aromatic nitrogens is 3. The third kappa shape index (κ3) is 8.16. The standard InChI is InChI=1S/C27H27F2N5O4.C2HF3O2/c1-3-11-30-26(38)16-8-7-15(2)19(12-16)23-18-9-10-22(37)34(24-20(28)5-4-6-21(24)29)25(18)33-27(32-23)31-17(13-35)14-36;3-2(4,5)1(6)7/h4-10,12,17,35-36H,3,11,13-14H2,1-2H3,(H,30,38)(H,31,32,33);(H,6,7). The predicted octanol–water partition coefficient (Wildman–Crippen LogP) is 3.57. The van der Waals surface area contributed by atoms with Crippen molar-refractivity contribution in [3.63, 3.8) is 0 Å². The summed E-state index contributed by atoms with van der Waals surface area (Å²) in [6.45, 7) is 3.33. The molecule has 0 fully saturated rings. The molecule has 4 aromatic rings. The molecule has 0 saturated carbocycles. The van der Waals surface area contributed by atoms with Crippen LogP contribution in [0.1, 0.15) is 29.3 Å². The van der Waals surface area contributed by atoms with Crippen molar-refractivity contribution in [2.24, 2.45) is 0 Å². The molecule has 0 aliphatic rings. The van der Waals surface area contributed by atoms with Crippen LogP contribution >= 0.6 is 0 Å². The maximum atomic E-state index is 14.8. The molecule has 2 heterocycles. The van der Waals surface area contributed by atoms with Gasteiger partial charge in [-0.15, -0.1) is 0 Å². The summed E-state index contributed by atoms with van der Waals surface area (Å²) in [4.78, 5) is 43.4. The minimum Gasteiger partial charge on any atom is -0.475 e. The summed E-state index contributed by atoms with van der Waals surface area (Å²) in [7, 11) is 0. The highest BCUT2D eigenvalue weighted by atomic mass is 19.4. The Morgan fingerprint density at radius 3 is 2.18 bits per heavy atom. The molecule has 0 saturated heterocycles. The lowest BCUT2D eigenvalue weighted by molar-refractivity contribution is -0.192. The molecule has 5 N–H and O–H groups in total. The van der Waals surface area contributed by atoms with Gasteiger partial charge in [0.2, 0.25) is 5.95 Å². The topological polar surface area (TPSA) is 167 Å². The van der Waals surface area contributed by atoms with Crippen LogP contribution in [0.2, 0.25) is 0 Å². The minimum atomic E-state index is -5.08.